The summed E-state index contributed by atoms with van der Waals surface area (Å²) < 4.78 is 38.6. The van der Waals surface area contributed by atoms with E-state index in [0.717, 1.165) is 30.2 Å². The Hall–Kier alpha value is -3.41. The summed E-state index contributed by atoms with van der Waals surface area (Å²) in [6.07, 6.45) is 2.43. The van der Waals surface area contributed by atoms with E-state index >= 15 is 0 Å². The fourth-order valence-corrected chi connectivity index (χ4v) is 4.25. The van der Waals surface area contributed by atoms with E-state index in [2.05, 4.69) is 45.7 Å². The Bertz CT molecular complexity index is 1340. The van der Waals surface area contributed by atoms with Gasteiger partial charge < -0.3 is 15.2 Å². The van der Waals surface area contributed by atoms with Crippen molar-refractivity contribution in [3.8, 4) is 22.4 Å². The van der Waals surface area contributed by atoms with Gasteiger partial charge in [0.05, 0.1) is 0 Å². The van der Waals surface area contributed by atoms with Gasteiger partial charge in [0.15, 0.2) is 0 Å². The van der Waals surface area contributed by atoms with Crippen LogP contribution in [0.25, 0.3) is 27.7 Å². The second-order valence-corrected chi connectivity index (χ2v) is 8.16. The van der Waals surface area contributed by atoms with Gasteiger partial charge in [-0.1, -0.05) is 42.8 Å². The quantitative estimate of drug-likeness (QED) is 0.210. The van der Waals surface area contributed by atoms with Gasteiger partial charge >= 0.3 is 26.3 Å². The van der Waals surface area contributed by atoms with Crippen LogP contribution in [0.1, 0.15) is 22.9 Å². The molecule has 6 rings (SSSR count). The van der Waals surface area contributed by atoms with Crippen molar-refractivity contribution in [3.63, 3.8) is 0 Å². The van der Waals surface area contributed by atoms with Crippen LogP contribution in [0, 0.1) is 12.1 Å². The zero-order valence-electron chi connectivity index (χ0n) is 19.0. The van der Waals surface area contributed by atoms with Gasteiger partial charge in [-0.2, -0.15) is 54.8 Å². The molecule has 0 radical (unpaired) electrons. The molecule has 0 saturated heterocycles. The zero-order chi connectivity index (χ0) is 24.3. The molecular weight excluding hydrogens is 640 g/mol. The van der Waals surface area contributed by atoms with E-state index < -0.39 is 11.7 Å². The Morgan fingerprint density at radius 1 is 0.944 bits per heavy atom. The van der Waals surface area contributed by atoms with Gasteiger partial charge in [0.2, 0.25) is 0 Å². The monoisotopic (exact) mass is 661 g/mol. The second-order valence-electron chi connectivity index (χ2n) is 8.16. The summed E-state index contributed by atoms with van der Waals surface area (Å²) in [5.41, 5.74) is 4.34. The Kier molecular flexibility index (Phi) is 7.92. The summed E-state index contributed by atoms with van der Waals surface area (Å²) in [7, 11) is 0. The SMILES string of the molecule is FC(F)(F)c1[c-]c(-c2ncccc2-c2ccccc2)ccc1.[Ir+3].[c-]1cccc2c1C1[N-]C=CN1CC2. The van der Waals surface area contributed by atoms with Crippen LogP contribution < -0.4 is 0 Å². The van der Waals surface area contributed by atoms with Crippen molar-refractivity contribution in [2.24, 2.45) is 0 Å². The zero-order valence-corrected chi connectivity index (χ0v) is 21.4. The number of alkyl halides is 3. The molecule has 3 nitrogen and oxygen atoms in total. The van der Waals surface area contributed by atoms with E-state index in [-0.39, 0.29) is 26.3 Å². The number of pyridine rings is 1. The maximum Gasteiger partial charge on any atom is 3.00 e. The summed E-state index contributed by atoms with van der Waals surface area (Å²) >= 11 is 0. The Balaban J connectivity index is 0.000000185. The van der Waals surface area contributed by atoms with Gasteiger partial charge in [-0.25, -0.2) is 0 Å². The van der Waals surface area contributed by atoms with E-state index in [0.29, 0.717) is 11.3 Å². The van der Waals surface area contributed by atoms with Gasteiger partial charge in [0.1, 0.15) is 0 Å². The predicted octanol–water partition coefficient (Wildman–Crippen LogP) is 7.43. The van der Waals surface area contributed by atoms with E-state index in [1.54, 1.807) is 18.3 Å². The van der Waals surface area contributed by atoms with Crippen molar-refractivity contribution in [3.05, 3.63) is 132 Å². The van der Waals surface area contributed by atoms with Gasteiger partial charge in [0, 0.05) is 12.7 Å². The van der Waals surface area contributed by atoms with E-state index in [4.69, 9.17) is 0 Å². The minimum Gasteiger partial charge on any atom is -0.668 e. The number of halogens is 3. The molecule has 4 aromatic rings. The van der Waals surface area contributed by atoms with Crippen LogP contribution in [0.4, 0.5) is 13.2 Å². The molecule has 0 aliphatic carbocycles. The van der Waals surface area contributed by atoms with Crippen LogP contribution in [0.3, 0.4) is 0 Å². The number of hydrogen-bond donors (Lipinski definition) is 0. The normalized spacial score (nSPS) is 15.5. The molecule has 3 aromatic carbocycles. The molecule has 0 spiro atoms. The molecule has 2 aliphatic rings. The Morgan fingerprint density at radius 3 is 2.58 bits per heavy atom. The summed E-state index contributed by atoms with van der Waals surface area (Å²) in [6, 6.07) is 28.9. The average molecular weight is 661 g/mol. The minimum atomic E-state index is -4.42. The summed E-state index contributed by atoms with van der Waals surface area (Å²) in [6.45, 7) is 1.08. The first-order chi connectivity index (χ1) is 17.0. The summed E-state index contributed by atoms with van der Waals surface area (Å²) in [5.74, 6) is 0. The van der Waals surface area contributed by atoms with Crippen LogP contribution >= 0.6 is 0 Å². The van der Waals surface area contributed by atoms with Crippen LogP contribution in [0.2, 0.25) is 0 Å². The van der Waals surface area contributed by atoms with Crippen LogP contribution in [0.5, 0.6) is 0 Å². The van der Waals surface area contributed by atoms with Crippen molar-refractivity contribution in [1.29, 1.82) is 0 Å². The molecule has 0 bridgehead atoms. The molecular formula is C29H21F3IrN3. The molecule has 2 aliphatic heterocycles. The first-order valence-corrected chi connectivity index (χ1v) is 11.2. The molecule has 36 heavy (non-hydrogen) atoms. The van der Waals surface area contributed by atoms with Crippen molar-refractivity contribution in [2.75, 3.05) is 6.54 Å². The van der Waals surface area contributed by atoms with Gasteiger partial charge in [-0.3, -0.25) is 0 Å². The molecule has 3 heterocycles. The average Bonchev–Trinajstić information content (AvgIpc) is 3.39. The van der Waals surface area contributed by atoms with Crippen LogP contribution in [0.15, 0.2) is 97.5 Å². The van der Waals surface area contributed by atoms with Gasteiger partial charge in [-0.05, 0) is 40.8 Å². The number of fused-ring (bicyclic) bond motifs is 3. The summed E-state index contributed by atoms with van der Waals surface area (Å²) in [4.78, 5) is 6.51. The maximum absolute atomic E-state index is 12.9. The first kappa shape index (κ1) is 25.7. The van der Waals surface area contributed by atoms with E-state index in [9.17, 15) is 13.2 Å². The fraction of sp³-hybridized carbons (Fsp3) is 0.138. The van der Waals surface area contributed by atoms with Gasteiger partial charge in [0.25, 0.3) is 0 Å². The van der Waals surface area contributed by atoms with E-state index in [1.165, 1.54) is 17.2 Å². The smallest absolute Gasteiger partial charge is 0.668 e. The molecule has 1 unspecified atom stereocenters. The molecule has 7 heteroatoms. The van der Waals surface area contributed by atoms with Crippen LogP contribution in [-0.4, -0.2) is 16.4 Å². The topological polar surface area (TPSA) is 30.2 Å². The first-order valence-electron chi connectivity index (χ1n) is 11.2. The molecule has 0 fully saturated rings. The minimum absolute atomic E-state index is 0. The number of aromatic nitrogens is 1. The molecule has 0 saturated carbocycles. The van der Waals surface area contributed by atoms with Crippen molar-refractivity contribution in [2.45, 2.75) is 18.8 Å². The fourth-order valence-electron chi connectivity index (χ4n) is 4.25. The molecule has 0 amide bonds. The number of hydrogen-bond acceptors (Lipinski definition) is 2. The molecule has 1 atom stereocenters. The molecule has 0 N–H and O–H groups in total. The van der Waals surface area contributed by atoms with Gasteiger partial charge in [-0.15, -0.1) is 29.8 Å². The number of rotatable bonds is 2. The Labute approximate surface area is 222 Å². The van der Waals surface area contributed by atoms with Crippen molar-refractivity contribution >= 4 is 0 Å². The third-order valence-corrected chi connectivity index (χ3v) is 5.92. The number of benzene rings is 3. The van der Waals surface area contributed by atoms with Crippen LogP contribution in [-0.2, 0) is 32.7 Å². The third kappa shape index (κ3) is 5.53. The predicted molar refractivity (Wildman–Crippen MR) is 130 cm³/mol. The van der Waals surface area contributed by atoms with Crippen molar-refractivity contribution in [1.82, 2.24) is 9.88 Å². The third-order valence-electron chi connectivity index (χ3n) is 5.92. The van der Waals surface area contributed by atoms with Crippen molar-refractivity contribution < 1.29 is 33.3 Å². The summed E-state index contributed by atoms with van der Waals surface area (Å²) in [5, 5.41) is 4.41. The largest absolute Gasteiger partial charge is 3.00 e. The van der Waals surface area contributed by atoms with E-state index in [1.807, 2.05) is 48.7 Å². The Morgan fingerprint density at radius 2 is 1.78 bits per heavy atom. The maximum atomic E-state index is 12.9. The molecule has 1 aromatic heterocycles. The standard InChI is InChI=1S/C18H11F3N.C11H10N2.Ir/c19-18(20,21)15-9-4-8-14(12-15)17-16(10-5-11-22-17)13-6-2-1-3-7-13;1-2-4-10-9(3-1)5-7-13-8-6-12-11(10)13;/h1-11H;1-3,6,8,11H,5,7H2;/q-1;-2;+3. The second kappa shape index (κ2) is 11.1. The number of nitrogens with zero attached hydrogens (tertiary/aromatic N) is 3. The molecule has 182 valence electrons.